The number of H-pyrrole nitrogens is 2. The van der Waals surface area contributed by atoms with E-state index in [-0.39, 0.29) is 17.5 Å². The number of aromatic amines is 2. The quantitative estimate of drug-likeness (QED) is 0.775. The van der Waals surface area contributed by atoms with Gasteiger partial charge in [0.1, 0.15) is 0 Å². The number of rotatable bonds is 2. The zero-order valence-electron chi connectivity index (χ0n) is 11.9. The number of benzene rings is 1. The highest BCUT2D eigenvalue weighted by Gasteiger charge is 2.18. The van der Waals surface area contributed by atoms with Crippen LogP contribution in [0.1, 0.15) is 37.5 Å². The molecule has 0 aliphatic rings. The Bertz CT molecular complexity index is 644. The predicted octanol–water partition coefficient (Wildman–Crippen LogP) is 2.43. The molecule has 2 rings (SSSR count). The van der Waals surface area contributed by atoms with Crippen molar-refractivity contribution in [3.63, 3.8) is 0 Å². The molecule has 1 heterocycles. The van der Waals surface area contributed by atoms with E-state index >= 15 is 0 Å². The van der Waals surface area contributed by atoms with Crippen molar-refractivity contribution in [3.8, 4) is 11.3 Å². The van der Waals surface area contributed by atoms with E-state index < -0.39 is 0 Å². The normalized spacial score (nSPS) is 11.8. The summed E-state index contributed by atoms with van der Waals surface area (Å²) in [7, 11) is 0. The average molecular weight is 259 g/mol. The summed E-state index contributed by atoms with van der Waals surface area (Å²) in [4.78, 5) is 11.7. The zero-order valence-corrected chi connectivity index (χ0v) is 11.9. The van der Waals surface area contributed by atoms with Gasteiger partial charge in [0.05, 0.1) is 11.3 Å². The van der Waals surface area contributed by atoms with Crippen LogP contribution in [0.15, 0.2) is 23.0 Å². The van der Waals surface area contributed by atoms with Gasteiger partial charge in [-0.2, -0.15) is 0 Å². The third-order valence-corrected chi connectivity index (χ3v) is 3.45. The van der Waals surface area contributed by atoms with E-state index in [0.717, 1.165) is 16.8 Å². The molecule has 0 spiro atoms. The zero-order chi connectivity index (χ0) is 14.2. The van der Waals surface area contributed by atoms with Crippen LogP contribution in [0.4, 0.5) is 0 Å². The van der Waals surface area contributed by atoms with Gasteiger partial charge in [0.25, 0.3) is 5.56 Å². The second kappa shape index (κ2) is 4.70. The van der Waals surface area contributed by atoms with Gasteiger partial charge < -0.3 is 5.73 Å². The molecule has 0 saturated carbocycles. The van der Waals surface area contributed by atoms with Gasteiger partial charge in [0.2, 0.25) is 0 Å². The SMILES string of the molecule is Cc1ccc(C(C)(C)C)cc1-c1[nH][nH]c(=O)c1CN. The van der Waals surface area contributed by atoms with E-state index in [1.807, 2.05) is 6.92 Å². The largest absolute Gasteiger partial charge is 0.326 e. The molecule has 0 bridgehead atoms. The van der Waals surface area contributed by atoms with Crippen molar-refractivity contribution in [2.75, 3.05) is 0 Å². The second-order valence-corrected chi connectivity index (χ2v) is 5.92. The maximum atomic E-state index is 11.7. The van der Waals surface area contributed by atoms with Crippen molar-refractivity contribution in [3.05, 3.63) is 45.2 Å². The Morgan fingerprint density at radius 3 is 2.47 bits per heavy atom. The first kappa shape index (κ1) is 13.6. The minimum absolute atomic E-state index is 0.0714. The molecule has 4 heteroatoms. The molecular weight excluding hydrogens is 238 g/mol. The summed E-state index contributed by atoms with van der Waals surface area (Å²) in [6, 6.07) is 6.35. The summed E-state index contributed by atoms with van der Waals surface area (Å²) in [5, 5.41) is 5.55. The summed E-state index contributed by atoms with van der Waals surface area (Å²) < 4.78 is 0. The van der Waals surface area contributed by atoms with Gasteiger partial charge in [-0.3, -0.25) is 15.0 Å². The molecule has 1 aromatic heterocycles. The highest BCUT2D eigenvalue weighted by molar-refractivity contribution is 5.67. The van der Waals surface area contributed by atoms with Crippen LogP contribution in [0.2, 0.25) is 0 Å². The Morgan fingerprint density at radius 1 is 1.21 bits per heavy atom. The lowest BCUT2D eigenvalue weighted by molar-refractivity contribution is 0.590. The molecule has 0 aliphatic carbocycles. The standard InChI is InChI=1S/C15H21N3O/c1-9-5-6-10(15(2,3)4)7-11(9)13-12(8-16)14(19)18-17-13/h5-7H,8,16H2,1-4H3,(H2,17,18,19). The number of hydrogen-bond donors (Lipinski definition) is 3. The van der Waals surface area contributed by atoms with Crippen LogP contribution in [0, 0.1) is 6.92 Å². The third kappa shape index (κ3) is 2.49. The summed E-state index contributed by atoms with van der Waals surface area (Å²) in [6.07, 6.45) is 0. The fraction of sp³-hybridized carbons (Fsp3) is 0.400. The van der Waals surface area contributed by atoms with E-state index in [4.69, 9.17) is 5.73 Å². The summed E-state index contributed by atoms with van der Waals surface area (Å²) >= 11 is 0. The van der Waals surface area contributed by atoms with Gasteiger partial charge in [0, 0.05) is 12.1 Å². The maximum Gasteiger partial charge on any atom is 0.269 e. The number of hydrogen-bond acceptors (Lipinski definition) is 2. The molecule has 0 amide bonds. The monoisotopic (exact) mass is 259 g/mol. The second-order valence-electron chi connectivity index (χ2n) is 5.92. The molecule has 102 valence electrons. The fourth-order valence-electron chi connectivity index (χ4n) is 2.17. The van der Waals surface area contributed by atoms with E-state index in [9.17, 15) is 4.79 Å². The summed E-state index contributed by atoms with van der Waals surface area (Å²) in [6.45, 7) is 8.78. The van der Waals surface area contributed by atoms with E-state index in [2.05, 4.69) is 49.2 Å². The van der Waals surface area contributed by atoms with Crippen LogP contribution in [0.5, 0.6) is 0 Å². The fourth-order valence-corrected chi connectivity index (χ4v) is 2.17. The molecule has 0 radical (unpaired) electrons. The Kier molecular flexibility index (Phi) is 3.37. The van der Waals surface area contributed by atoms with Crippen LogP contribution >= 0.6 is 0 Å². The Hall–Kier alpha value is -1.81. The molecule has 2 aromatic rings. The summed E-state index contributed by atoms with van der Waals surface area (Å²) in [5.74, 6) is 0. The topological polar surface area (TPSA) is 74.7 Å². The van der Waals surface area contributed by atoms with Gasteiger partial charge in [-0.25, -0.2) is 0 Å². The Morgan fingerprint density at radius 2 is 1.89 bits per heavy atom. The van der Waals surface area contributed by atoms with E-state index in [1.165, 1.54) is 5.56 Å². The van der Waals surface area contributed by atoms with Crippen molar-refractivity contribution in [2.45, 2.75) is 39.7 Å². The lowest BCUT2D eigenvalue weighted by atomic mass is 9.84. The van der Waals surface area contributed by atoms with Crippen LogP contribution in [0.25, 0.3) is 11.3 Å². The molecule has 0 fully saturated rings. The van der Waals surface area contributed by atoms with Crippen molar-refractivity contribution >= 4 is 0 Å². The van der Waals surface area contributed by atoms with Crippen LogP contribution in [-0.2, 0) is 12.0 Å². The highest BCUT2D eigenvalue weighted by atomic mass is 16.1. The maximum absolute atomic E-state index is 11.7. The lowest BCUT2D eigenvalue weighted by Crippen LogP contribution is -2.12. The van der Waals surface area contributed by atoms with Gasteiger partial charge in [-0.1, -0.05) is 32.9 Å². The summed E-state index contributed by atoms with van der Waals surface area (Å²) in [5.41, 5.74) is 10.4. The minimum atomic E-state index is -0.141. The minimum Gasteiger partial charge on any atom is -0.326 e. The molecular formula is C15H21N3O. The van der Waals surface area contributed by atoms with Crippen molar-refractivity contribution in [2.24, 2.45) is 5.73 Å². The van der Waals surface area contributed by atoms with Crippen LogP contribution < -0.4 is 11.3 Å². The molecule has 1 aromatic carbocycles. The first-order valence-corrected chi connectivity index (χ1v) is 6.45. The van der Waals surface area contributed by atoms with Gasteiger partial charge in [-0.05, 0) is 29.5 Å². The van der Waals surface area contributed by atoms with Crippen LogP contribution in [0.3, 0.4) is 0 Å². The number of nitrogens with one attached hydrogen (secondary N) is 2. The molecule has 4 nitrogen and oxygen atoms in total. The highest BCUT2D eigenvalue weighted by Crippen LogP contribution is 2.29. The molecule has 4 N–H and O–H groups in total. The van der Waals surface area contributed by atoms with E-state index in [1.54, 1.807) is 0 Å². The smallest absolute Gasteiger partial charge is 0.269 e. The third-order valence-electron chi connectivity index (χ3n) is 3.45. The number of aromatic nitrogens is 2. The first-order chi connectivity index (χ1) is 8.84. The van der Waals surface area contributed by atoms with Gasteiger partial charge in [0.15, 0.2) is 0 Å². The molecule has 19 heavy (non-hydrogen) atoms. The van der Waals surface area contributed by atoms with Crippen molar-refractivity contribution < 1.29 is 0 Å². The number of aryl methyl sites for hydroxylation is 1. The lowest BCUT2D eigenvalue weighted by Gasteiger charge is -2.20. The van der Waals surface area contributed by atoms with Crippen LogP contribution in [-0.4, -0.2) is 10.2 Å². The van der Waals surface area contributed by atoms with E-state index in [0.29, 0.717) is 5.56 Å². The Balaban J connectivity index is 2.65. The molecule has 0 saturated heterocycles. The average Bonchev–Trinajstić information content (AvgIpc) is 2.69. The molecule has 0 aliphatic heterocycles. The predicted molar refractivity (Wildman–Crippen MR) is 78.2 cm³/mol. The molecule has 0 atom stereocenters. The van der Waals surface area contributed by atoms with Gasteiger partial charge in [-0.15, -0.1) is 0 Å². The first-order valence-electron chi connectivity index (χ1n) is 6.45. The number of nitrogens with two attached hydrogens (primary N) is 1. The van der Waals surface area contributed by atoms with Crippen molar-refractivity contribution in [1.29, 1.82) is 0 Å². The van der Waals surface area contributed by atoms with Crippen molar-refractivity contribution in [1.82, 2.24) is 10.2 Å². The Labute approximate surface area is 113 Å². The van der Waals surface area contributed by atoms with Gasteiger partial charge >= 0.3 is 0 Å². The molecule has 0 unspecified atom stereocenters.